The minimum Gasteiger partial charge on any atom is -0.210 e. The Bertz CT molecular complexity index is 487. The van der Waals surface area contributed by atoms with Gasteiger partial charge in [-0.1, -0.05) is 6.92 Å². The third-order valence-electron chi connectivity index (χ3n) is 1.86. The molecule has 0 spiro atoms. The lowest BCUT2D eigenvalue weighted by Crippen LogP contribution is -2.28. The summed E-state index contributed by atoms with van der Waals surface area (Å²) >= 11 is 4.08. The van der Waals surface area contributed by atoms with Crippen LogP contribution in [0.5, 0.6) is 0 Å². The van der Waals surface area contributed by atoms with Gasteiger partial charge in [0.05, 0.1) is 16.5 Å². The Hall–Kier alpha value is -1.03. The third-order valence-corrected chi connectivity index (χ3v) is 3.48. The van der Waals surface area contributed by atoms with Gasteiger partial charge in [0.2, 0.25) is 10.0 Å². The number of nitriles is 1. The average molecular weight is 256 g/mol. The van der Waals surface area contributed by atoms with Crippen molar-refractivity contribution in [2.24, 2.45) is 0 Å². The summed E-state index contributed by atoms with van der Waals surface area (Å²) in [6, 6.07) is 7.68. The molecule has 0 bridgehead atoms. The molecule has 16 heavy (non-hydrogen) atoms. The predicted octanol–water partition coefficient (Wildman–Crippen LogP) is 1.15. The summed E-state index contributed by atoms with van der Waals surface area (Å²) in [5.74, 6) is 0. The molecule has 0 aliphatic carbocycles. The van der Waals surface area contributed by atoms with E-state index >= 15 is 0 Å². The highest BCUT2D eigenvalue weighted by Gasteiger charge is 2.13. The van der Waals surface area contributed by atoms with Crippen LogP contribution in [-0.2, 0) is 10.0 Å². The Morgan fingerprint density at radius 2 is 2.00 bits per heavy atom. The summed E-state index contributed by atoms with van der Waals surface area (Å²) in [6.07, 6.45) is 0. The molecule has 0 amide bonds. The molecular formula is C10H12N2O2S2. The second-order valence-corrected chi connectivity index (χ2v) is 5.99. The summed E-state index contributed by atoms with van der Waals surface area (Å²) in [4.78, 5) is 0.153. The Balaban J connectivity index is 2.87. The number of hydrogen-bond acceptors (Lipinski definition) is 4. The van der Waals surface area contributed by atoms with E-state index in [0.717, 1.165) is 0 Å². The van der Waals surface area contributed by atoms with Crippen LogP contribution in [0, 0.1) is 11.3 Å². The molecule has 1 aromatic rings. The van der Waals surface area contributed by atoms with Gasteiger partial charge in [-0.2, -0.15) is 17.9 Å². The Morgan fingerprint density at radius 1 is 1.44 bits per heavy atom. The maximum absolute atomic E-state index is 11.7. The first-order valence-corrected chi connectivity index (χ1v) is 6.63. The first kappa shape index (κ1) is 13.0. The summed E-state index contributed by atoms with van der Waals surface area (Å²) < 4.78 is 25.8. The predicted molar refractivity (Wildman–Crippen MR) is 64.8 cm³/mol. The fourth-order valence-corrected chi connectivity index (χ4v) is 2.37. The highest BCUT2D eigenvalue weighted by Crippen LogP contribution is 2.10. The van der Waals surface area contributed by atoms with Gasteiger partial charge >= 0.3 is 0 Å². The smallest absolute Gasteiger partial charge is 0.210 e. The third kappa shape index (κ3) is 3.52. The SMILES string of the molecule is CC(S)CNS(=O)(=O)c1ccc(C#N)cc1. The van der Waals surface area contributed by atoms with Crippen molar-refractivity contribution in [2.75, 3.05) is 6.54 Å². The van der Waals surface area contributed by atoms with Crippen LogP contribution in [0.4, 0.5) is 0 Å². The van der Waals surface area contributed by atoms with Crippen molar-refractivity contribution in [2.45, 2.75) is 17.1 Å². The quantitative estimate of drug-likeness (QED) is 0.794. The highest BCUT2D eigenvalue weighted by atomic mass is 32.2. The first-order chi connectivity index (χ1) is 7.45. The van der Waals surface area contributed by atoms with Gasteiger partial charge in [-0.05, 0) is 24.3 Å². The Kier molecular flexibility index (Phi) is 4.35. The lowest BCUT2D eigenvalue weighted by atomic mass is 10.2. The van der Waals surface area contributed by atoms with Crippen LogP contribution in [0.15, 0.2) is 29.2 Å². The zero-order valence-corrected chi connectivity index (χ0v) is 10.4. The van der Waals surface area contributed by atoms with Crippen molar-refractivity contribution in [3.8, 4) is 6.07 Å². The van der Waals surface area contributed by atoms with Crippen LogP contribution in [0.25, 0.3) is 0 Å². The van der Waals surface area contributed by atoms with E-state index in [0.29, 0.717) is 5.56 Å². The van der Waals surface area contributed by atoms with E-state index in [1.807, 2.05) is 6.07 Å². The molecule has 86 valence electrons. The molecule has 0 aromatic heterocycles. The van der Waals surface area contributed by atoms with Crippen molar-refractivity contribution in [1.82, 2.24) is 4.72 Å². The van der Waals surface area contributed by atoms with Crippen molar-refractivity contribution in [3.63, 3.8) is 0 Å². The van der Waals surface area contributed by atoms with E-state index in [1.54, 1.807) is 6.92 Å². The fraction of sp³-hybridized carbons (Fsp3) is 0.300. The maximum Gasteiger partial charge on any atom is 0.240 e. The molecule has 0 aliphatic heterocycles. The molecule has 1 rings (SSSR count). The average Bonchev–Trinajstić information content (AvgIpc) is 2.27. The van der Waals surface area contributed by atoms with Crippen LogP contribution < -0.4 is 4.72 Å². The van der Waals surface area contributed by atoms with E-state index in [2.05, 4.69) is 17.4 Å². The van der Waals surface area contributed by atoms with E-state index in [1.165, 1.54) is 24.3 Å². The van der Waals surface area contributed by atoms with Crippen molar-refractivity contribution >= 4 is 22.7 Å². The van der Waals surface area contributed by atoms with Crippen LogP contribution in [0.3, 0.4) is 0 Å². The van der Waals surface area contributed by atoms with Crippen LogP contribution >= 0.6 is 12.6 Å². The number of nitrogens with zero attached hydrogens (tertiary/aromatic N) is 1. The number of benzene rings is 1. The Morgan fingerprint density at radius 3 is 2.44 bits per heavy atom. The monoisotopic (exact) mass is 256 g/mol. The molecule has 0 radical (unpaired) electrons. The van der Waals surface area contributed by atoms with Gasteiger partial charge < -0.3 is 0 Å². The van der Waals surface area contributed by atoms with Crippen LogP contribution in [0.1, 0.15) is 12.5 Å². The van der Waals surface area contributed by atoms with Crippen molar-refractivity contribution < 1.29 is 8.42 Å². The van der Waals surface area contributed by atoms with E-state index in [-0.39, 0.29) is 16.7 Å². The van der Waals surface area contributed by atoms with Gasteiger partial charge in [0, 0.05) is 11.8 Å². The van der Waals surface area contributed by atoms with E-state index < -0.39 is 10.0 Å². The standard InChI is InChI=1S/C10H12N2O2S2/c1-8(15)7-12-16(13,14)10-4-2-9(6-11)3-5-10/h2-5,8,12,15H,7H2,1H3. The van der Waals surface area contributed by atoms with E-state index in [9.17, 15) is 8.42 Å². The number of nitrogens with one attached hydrogen (secondary N) is 1. The molecule has 0 saturated heterocycles. The largest absolute Gasteiger partial charge is 0.240 e. The molecule has 1 atom stereocenters. The fourth-order valence-electron chi connectivity index (χ4n) is 1.02. The molecule has 0 aliphatic rings. The normalized spacial score (nSPS) is 13.1. The second-order valence-electron chi connectivity index (χ2n) is 3.34. The minimum atomic E-state index is -3.49. The van der Waals surface area contributed by atoms with E-state index in [4.69, 9.17) is 5.26 Å². The maximum atomic E-state index is 11.7. The van der Waals surface area contributed by atoms with Gasteiger partial charge in [-0.25, -0.2) is 13.1 Å². The van der Waals surface area contributed by atoms with Crippen molar-refractivity contribution in [3.05, 3.63) is 29.8 Å². The lowest BCUT2D eigenvalue weighted by molar-refractivity contribution is 0.581. The molecule has 0 saturated carbocycles. The van der Waals surface area contributed by atoms with Crippen LogP contribution in [0.2, 0.25) is 0 Å². The topological polar surface area (TPSA) is 70.0 Å². The molecule has 4 nitrogen and oxygen atoms in total. The summed E-state index contributed by atoms with van der Waals surface area (Å²) in [5, 5.41) is 8.53. The van der Waals surface area contributed by atoms with Gasteiger partial charge in [-0.15, -0.1) is 0 Å². The zero-order chi connectivity index (χ0) is 12.2. The van der Waals surface area contributed by atoms with Gasteiger partial charge in [0.25, 0.3) is 0 Å². The first-order valence-electron chi connectivity index (χ1n) is 4.63. The molecule has 1 aromatic carbocycles. The molecule has 1 unspecified atom stereocenters. The number of sulfonamides is 1. The summed E-state index contributed by atoms with van der Waals surface area (Å²) in [7, 11) is -3.49. The van der Waals surface area contributed by atoms with Crippen LogP contribution in [-0.4, -0.2) is 20.2 Å². The number of hydrogen-bond donors (Lipinski definition) is 2. The summed E-state index contributed by atoms with van der Waals surface area (Å²) in [5.41, 5.74) is 0.432. The van der Waals surface area contributed by atoms with Gasteiger partial charge in [0.15, 0.2) is 0 Å². The zero-order valence-electron chi connectivity index (χ0n) is 8.71. The molecule has 0 fully saturated rings. The summed E-state index contributed by atoms with van der Waals surface area (Å²) in [6.45, 7) is 2.07. The van der Waals surface area contributed by atoms with Gasteiger partial charge in [-0.3, -0.25) is 0 Å². The molecule has 1 N–H and O–H groups in total. The highest BCUT2D eigenvalue weighted by molar-refractivity contribution is 7.89. The molecule has 0 heterocycles. The Labute approximate surface area is 101 Å². The molecular weight excluding hydrogens is 244 g/mol. The second kappa shape index (κ2) is 5.34. The minimum absolute atomic E-state index is 0.0480. The molecule has 6 heteroatoms. The number of rotatable bonds is 4. The van der Waals surface area contributed by atoms with Gasteiger partial charge in [0.1, 0.15) is 0 Å². The number of thiol groups is 1. The lowest BCUT2D eigenvalue weighted by Gasteiger charge is -2.08. The van der Waals surface area contributed by atoms with Crippen molar-refractivity contribution in [1.29, 1.82) is 5.26 Å².